The van der Waals surface area contributed by atoms with E-state index in [2.05, 4.69) is 0 Å². The van der Waals surface area contributed by atoms with Crippen LogP contribution in [0.15, 0.2) is 60.7 Å². The second-order valence-electron chi connectivity index (χ2n) is 3.06. The summed E-state index contributed by atoms with van der Waals surface area (Å²) < 4.78 is 0. The molecule has 0 aromatic heterocycles. The van der Waals surface area contributed by atoms with E-state index in [9.17, 15) is 4.79 Å². The van der Waals surface area contributed by atoms with E-state index < -0.39 is 0 Å². The van der Waals surface area contributed by atoms with Gasteiger partial charge in [0.1, 0.15) is 0 Å². The van der Waals surface area contributed by atoms with Gasteiger partial charge in [0.05, 0.1) is 0 Å². The third-order valence-corrected chi connectivity index (χ3v) is 2.07. The second-order valence-corrected chi connectivity index (χ2v) is 3.06. The van der Waals surface area contributed by atoms with Crippen molar-refractivity contribution < 1.29 is 46.5 Å². The molecular weight excluding hydrogens is 312 g/mol. The zero-order valence-electron chi connectivity index (χ0n) is 8.18. The van der Waals surface area contributed by atoms with Gasteiger partial charge in [0, 0.05) is 52.9 Å². The van der Waals surface area contributed by atoms with Gasteiger partial charge in [0.15, 0.2) is 5.78 Å². The van der Waals surface area contributed by atoms with Crippen LogP contribution in [-0.4, -0.2) is 5.78 Å². The Labute approximate surface area is 123 Å². The Balaban J connectivity index is 0.00000112. The summed E-state index contributed by atoms with van der Waals surface area (Å²) in [6.07, 6.45) is 0. The molecule has 0 aliphatic carbocycles. The Kier molecular flexibility index (Phi) is 5.15. The van der Waals surface area contributed by atoms with Gasteiger partial charge in [-0.1, -0.05) is 60.7 Å². The molecule has 0 aliphatic rings. The van der Waals surface area contributed by atoms with Crippen molar-refractivity contribution in [2.24, 2.45) is 0 Å². The van der Waals surface area contributed by atoms with Gasteiger partial charge >= 0.3 is 0 Å². The summed E-state index contributed by atoms with van der Waals surface area (Å²) in [6, 6.07) is 18.6. The minimum Gasteiger partial charge on any atom is -0.289 e. The fourth-order valence-electron chi connectivity index (χ4n) is 1.35. The van der Waals surface area contributed by atoms with Gasteiger partial charge in [0.2, 0.25) is 0 Å². The van der Waals surface area contributed by atoms with Crippen molar-refractivity contribution in [1.29, 1.82) is 0 Å². The molecule has 2 heteroatoms. The fraction of sp³-hybridized carbons (Fsp3) is 0. The van der Waals surface area contributed by atoms with Crippen molar-refractivity contribution in [2.45, 2.75) is 0 Å². The van der Waals surface area contributed by atoms with Crippen LogP contribution in [0, 0.1) is 41.7 Å². The summed E-state index contributed by atoms with van der Waals surface area (Å²) in [7, 11) is 0. The van der Waals surface area contributed by atoms with E-state index in [1.165, 1.54) is 0 Å². The van der Waals surface area contributed by atoms with E-state index >= 15 is 0 Å². The predicted molar refractivity (Wildman–Crippen MR) is 56.3 cm³/mol. The molecule has 0 saturated carbocycles. The van der Waals surface area contributed by atoms with Gasteiger partial charge in [0.25, 0.3) is 0 Å². The van der Waals surface area contributed by atoms with E-state index in [0.29, 0.717) is 0 Å². The fourth-order valence-corrected chi connectivity index (χ4v) is 1.35. The van der Waals surface area contributed by atoms with Crippen LogP contribution < -0.4 is 0 Å². The number of hydrogen-bond donors (Lipinski definition) is 0. The van der Waals surface area contributed by atoms with Crippen molar-refractivity contribution in [3.63, 3.8) is 0 Å². The summed E-state index contributed by atoms with van der Waals surface area (Å²) in [5.41, 5.74) is 1.47. The molecular formula is C13H10CeO. The van der Waals surface area contributed by atoms with Gasteiger partial charge in [-0.15, -0.1) is 0 Å². The first-order valence-corrected chi connectivity index (χ1v) is 4.53. The largest absolute Gasteiger partial charge is 0.289 e. The number of benzene rings is 2. The standard InChI is InChI=1S/C13H10O.Ce/c14-13(11-7-3-1-4-8-11)12-9-5-2-6-10-12;/h1-10H;. The molecule has 2 aromatic carbocycles. The van der Waals surface area contributed by atoms with Gasteiger partial charge < -0.3 is 0 Å². The first-order valence-electron chi connectivity index (χ1n) is 4.53. The molecule has 0 bridgehead atoms. The summed E-state index contributed by atoms with van der Waals surface area (Å²) in [5.74, 6) is 0.0752. The summed E-state index contributed by atoms with van der Waals surface area (Å²) in [4.78, 5) is 11.8. The quantitative estimate of drug-likeness (QED) is 0.777. The number of hydrogen-bond acceptors (Lipinski definition) is 1. The summed E-state index contributed by atoms with van der Waals surface area (Å²) >= 11 is 0. The monoisotopic (exact) mass is 322 g/mol. The molecule has 0 unspecified atom stereocenters. The van der Waals surface area contributed by atoms with Crippen LogP contribution in [0.5, 0.6) is 0 Å². The number of rotatable bonds is 2. The molecule has 0 fully saturated rings. The average Bonchev–Trinajstić information content (AvgIpc) is 2.30. The normalized spacial score (nSPS) is 9.07. The molecule has 0 atom stereocenters. The third kappa shape index (κ3) is 3.23. The van der Waals surface area contributed by atoms with Gasteiger partial charge in [-0.3, -0.25) is 4.79 Å². The number of ketones is 1. The first-order chi connectivity index (χ1) is 6.88. The van der Waals surface area contributed by atoms with Crippen molar-refractivity contribution in [3.05, 3.63) is 71.8 Å². The maximum atomic E-state index is 11.8. The SMILES string of the molecule is O=C(c1ccccc1)c1ccccc1.[Ce]. The van der Waals surface area contributed by atoms with E-state index in [-0.39, 0.29) is 47.5 Å². The van der Waals surface area contributed by atoms with Crippen molar-refractivity contribution >= 4 is 5.78 Å². The van der Waals surface area contributed by atoms with Crippen LogP contribution in [0.1, 0.15) is 15.9 Å². The second kappa shape index (κ2) is 6.15. The van der Waals surface area contributed by atoms with Crippen LogP contribution in [-0.2, 0) is 0 Å². The Morgan fingerprint density at radius 3 is 1.33 bits per heavy atom. The van der Waals surface area contributed by atoms with Crippen LogP contribution in [0.2, 0.25) is 0 Å². The molecule has 0 saturated heterocycles. The molecule has 72 valence electrons. The Morgan fingerprint density at radius 2 is 1.00 bits per heavy atom. The third-order valence-electron chi connectivity index (χ3n) is 2.07. The molecule has 2 rings (SSSR count). The molecule has 15 heavy (non-hydrogen) atoms. The minimum absolute atomic E-state index is 0. The van der Waals surface area contributed by atoms with Gasteiger partial charge in [-0.25, -0.2) is 0 Å². The predicted octanol–water partition coefficient (Wildman–Crippen LogP) is 2.92. The van der Waals surface area contributed by atoms with E-state index in [0.717, 1.165) is 11.1 Å². The van der Waals surface area contributed by atoms with E-state index in [1.54, 1.807) is 0 Å². The van der Waals surface area contributed by atoms with Crippen LogP contribution in [0.4, 0.5) is 0 Å². The maximum Gasteiger partial charge on any atom is 0.193 e. The Hall–Kier alpha value is -0.513. The summed E-state index contributed by atoms with van der Waals surface area (Å²) in [6.45, 7) is 0. The average molecular weight is 322 g/mol. The molecule has 0 amide bonds. The zero-order chi connectivity index (χ0) is 9.80. The van der Waals surface area contributed by atoms with Crippen LogP contribution in [0.3, 0.4) is 0 Å². The summed E-state index contributed by atoms with van der Waals surface area (Å²) in [5, 5.41) is 0. The Morgan fingerprint density at radius 1 is 0.667 bits per heavy atom. The zero-order valence-corrected chi connectivity index (χ0v) is 11.3. The van der Waals surface area contributed by atoms with Gasteiger partial charge in [-0.05, 0) is 0 Å². The smallest absolute Gasteiger partial charge is 0.193 e. The van der Waals surface area contributed by atoms with Crippen molar-refractivity contribution in [2.75, 3.05) is 0 Å². The van der Waals surface area contributed by atoms with Crippen LogP contribution >= 0.6 is 0 Å². The molecule has 0 spiro atoms. The molecule has 0 N–H and O–H groups in total. The first kappa shape index (κ1) is 12.6. The van der Waals surface area contributed by atoms with Crippen molar-refractivity contribution in [3.8, 4) is 0 Å². The minimum atomic E-state index is 0. The molecule has 0 aliphatic heterocycles. The van der Waals surface area contributed by atoms with E-state index in [1.807, 2.05) is 60.7 Å². The maximum absolute atomic E-state index is 11.8. The Bertz CT molecular complexity index is 381. The van der Waals surface area contributed by atoms with Crippen LogP contribution in [0.25, 0.3) is 0 Å². The van der Waals surface area contributed by atoms with E-state index in [4.69, 9.17) is 0 Å². The number of carbonyl (C=O) groups is 1. The molecule has 2 aromatic rings. The number of carbonyl (C=O) groups excluding carboxylic acids is 1. The van der Waals surface area contributed by atoms with Gasteiger partial charge in [-0.2, -0.15) is 0 Å². The molecule has 1 nitrogen and oxygen atoms in total. The topological polar surface area (TPSA) is 17.1 Å². The van der Waals surface area contributed by atoms with Crippen molar-refractivity contribution in [1.82, 2.24) is 0 Å². The molecule has 0 radical (unpaired) electrons. The molecule has 0 heterocycles.